The smallest absolute Gasteiger partial charge is 0.305 e. The predicted molar refractivity (Wildman–Crippen MR) is 495 cm³/mol. The maximum atomic E-state index is 15.8. The third-order valence-electron chi connectivity index (χ3n) is 24.4. The number of aliphatic hydroxyl groups excluding tert-OH is 1. The minimum Gasteiger partial charge on any atom is -0.497 e. The molecule has 6 aromatic rings. The molecule has 3 aliphatic heterocycles. The Bertz CT molecular complexity index is 5320. The summed E-state index contributed by atoms with van der Waals surface area (Å²) in [6, 6.07) is -2.87. The second-order valence-corrected chi connectivity index (χ2v) is 35.3. The SMILES string of the molecule is CCCC[C@H]1C(=O)N(C)[C@@H](CCCC)C(=O)N[C@@H](CCC(=O)O)C(=O)N[C@H](C(=O)NCC(N)=O)CSCC(=O)N[C@@H](Cc2ccc(OC)cc2)C(=O)N(C)[C@@H](C)C(=O)N[C@H](CC(=O)O)C(=O)N2CCC[C@H]2C(=O)N[C@@H](Cc2cnc[nH]2)C(=O)N[C@@H](CCC(=O)O)C(=O)N2C[C@H](O)C[C@H]2C(=O)N[C@@H](Cc2c[nH]c3ccccc23)C(=O)N[C@@H](CCN)C(=O)N[C@@H](Cc2c[nH]c3ccccc23)C(=O)N1C. The number of carboxylic acid groups (broad SMARTS) is 3. The molecule has 0 spiro atoms. The average molecular weight is 1930 g/mol. The Balaban J connectivity index is 1.11. The lowest BCUT2D eigenvalue weighted by Gasteiger charge is -2.36. The van der Waals surface area contributed by atoms with Crippen LogP contribution < -0.4 is 69.4 Å². The van der Waals surface area contributed by atoms with E-state index in [-0.39, 0.29) is 76.6 Å². The fourth-order valence-electron chi connectivity index (χ4n) is 16.7. The van der Waals surface area contributed by atoms with Gasteiger partial charge in [0.25, 0.3) is 0 Å². The Morgan fingerprint density at radius 1 is 0.526 bits per heavy atom. The van der Waals surface area contributed by atoms with E-state index >= 15 is 38.4 Å². The van der Waals surface area contributed by atoms with Crippen molar-refractivity contribution in [3.05, 3.63) is 120 Å². The van der Waals surface area contributed by atoms with Crippen molar-refractivity contribution in [1.29, 1.82) is 0 Å². The zero-order valence-corrected chi connectivity index (χ0v) is 78.1. The van der Waals surface area contributed by atoms with E-state index in [2.05, 4.69) is 73.1 Å². The second-order valence-electron chi connectivity index (χ2n) is 34.2. The number of aromatic nitrogens is 4. The summed E-state index contributed by atoms with van der Waals surface area (Å²) in [5.74, 6) is -21.4. The number of rotatable bonds is 28. The van der Waals surface area contributed by atoms with E-state index in [4.69, 9.17) is 16.2 Å². The molecule has 3 aromatic heterocycles. The van der Waals surface area contributed by atoms with Crippen LogP contribution in [0.1, 0.15) is 139 Å². The number of aromatic amines is 3. The maximum Gasteiger partial charge on any atom is 0.305 e. The van der Waals surface area contributed by atoms with E-state index in [1.807, 2.05) is 6.92 Å². The first kappa shape index (κ1) is 107. The molecule has 0 bridgehead atoms. The van der Waals surface area contributed by atoms with Gasteiger partial charge in [0.15, 0.2) is 0 Å². The number of hydrogen-bond donors (Lipinski definition) is 19. The number of benzene rings is 3. The minimum atomic E-state index is -1.95. The van der Waals surface area contributed by atoms with Crippen molar-refractivity contribution in [3.8, 4) is 5.75 Å². The van der Waals surface area contributed by atoms with Crippen LogP contribution in [0.5, 0.6) is 5.75 Å². The van der Waals surface area contributed by atoms with Gasteiger partial charge in [-0.2, -0.15) is 0 Å². The van der Waals surface area contributed by atoms with Gasteiger partial charge in [-0.05, 0) is 99.4 Å². The molecule has 3 saturated heterocycles. The Morgan fingerprint density at radius 2 is 1.04 bits per heavy atom. The number of thioether (sulfide) groups is 1. The van der Waals surface area contributed by atoms with Crippen molar-refractivity contribution >= 4 is 146 Å². The maximum absolute atomic E-state index is 15.8. The number of amides is 16. The predicted octanol–water partition coefficient (Wildman–Crippen LogP) is -2.25. The number of likely N-dealkylation sites (N-methyl/N-ethyl adjacent to an activating group) is 3. The zero-order chi connectivity index (χ0) is 100. The van der Waals surface area contributed by atoms with Crippen LogP contribution in [-0.4, -0.2) is 334 Å². The van der Waals surface area contributed by atoms with Crippen LogP contribution in [0.15, 0.2) is 97.7 Å². The molecule has 15 atom stereocenters. The molecule has 0 unspecified atom stereocenters. The lowest BCUT2D eigenvalue weighted by atomic mass is 9.99. The molecule has 16 amide bonds. The van der Waals surface area contributed by atoms with Gasteiger partial charge in [-0.15, -0.1) is 11.8 Å². The summed E-state index contributed by atoms with van der Waals surface area (Å²) in [5.41, 5.74) is 14.5. The van der Waals surface area contributed by atoms with Crippen molar-refractivity contribution in [2.75, 3.05) is 65.9 Å². The molecule has 6 heterocycles. The van der Waals surface area contributed by atoms with Gasteiger partial charge >= 0.3 is 17.9 Å². The summed E-state index contributed by atoms with van der Waals surface area (Å²) in [4.78, 5) is 293. The molecule has 0 radical (unpaired) electrons. The monoisotopic (exact) mass is 1930 g/mol. The number of methoxy groups -OCH3 is 1. The standard InChI is InChI=1S/C91H123N21O24S/c1-8-10-21-69-84(128)101-60(28-30-75(116)117)80(124)107-68(79(123)97-44-73(93)114)46-137-47-74(115)99-65(35-50-24-26-55(136-7)27-25-50)87(131)108(4)49(3)78(122)105-67(40-77(120)121)90(134)111-34-16-23-70(111)85(129)104-64(38-53-43-94-48-98-53)83(127)102-62(29-31-76(118)119)89(133)112-45-54(113)39-72(112)86(130)103-63(36-51-41-95-58-19-14-12-17-56(51)58)82(126)100-61(32-33-92)81(125)106-66(37-52-42-96-59-20-15-13-18-57(52)59)88(132)110(6)71(22-11-9-2)91(135)109(69)5/h12-15,17-20,24-27,41-43,48-49,54,60-72,95-96,113H,8-11,16,21-23,28-40,44-47,92H2,1-7H3,(H2,93,114)(H,94,98)(H,97,123)(H,99,115)(H,100,126)(H,101,128)(H,102,127)(H,103,130)(H,104,129)(H,105,122)(H,106,125)(H,107,124)(H,116,117)(H,118,119)(H,120,121)/t49-,54+,60-,61-,62-,63-,64-,65-,66-,67+,68-,69-,70-,71-,72-/m0/s1. The number of ether oxygens (including phenoxy) is 1. The summed E-state index contributed by atoms with van der Waals surface area (Å²) in [6.45, 7) is 2.98. The highest BCUT2D eigenvalue weighted by Gasteiger charge is 2.47. The van der Waals surface area contributed by atoms with Crippen molar-refractivity contribution in [2.24, 2.45) is 11.5 Å². The van der Waals surface area contributed by atoms with Crippen LogP contribution in [0.25, 0.3) is 21.8 Å². The molecule has 3 aliphatic rings. The van der Waals surface area contributed by atoms with Gasteiger partial charge in [0, 0.05) is 131 Å². The largest absolute Gasteiger partial charge is 0.497 e. The molecule has 9 rings (SSSR count). The summed E-state index contributed by atoms with van der Waals surface area (Å²) >= 11 is 0.707. The third-order valence-corrected chi connectivity index (χ3v) is 25.4. The number of nitrogens with zero attached hydrogens (tertiary/aromatic N) is 6. The topological polar surface area (TPSA) is 663 Å². The first-order valence-electron chi connectivity index (χ1n) is 45.3. The van der Waals surface area contributed by atoms with Gasteiger partial charge in [-0.25, -0.2) is 4.98 Å². The first-order valence-corrected chi connectivity index (χ1v) is 46.5. The highest BCUT2D eigenvalue weighted by Crippen LogP contribution is 2.28. The molecule has 3 aromatic carbocycles. The van der Waals surface area contributed by atoms with Crippen molar-refractivity contribution in [1.82, 2.24) is 97.6 Å². The molecular formula is C91H123N21O24S. The van der Waals surface area contributed by atoms with E-state index in [0.29, 0.717) is 75.3 Å². The number of nitrogens with two attached hydrogens (primary N) is 2. The molecule has 0 aliphatic carbocycles. The van der Waals surface area contributed by atoms with E-state index in [0.717, 1.165) is 24.5 Å². The van der Waals surface area contributed by atoms with Gasteiger partial charge in [-0.1, -0.05) is 88.1 Å². The Morgan fingerprint density at radius 3 is 1.62 bits per heavy atom. The van der Waals surface area contributed by atoms with Crippen LogP contribution in [0.4, 0.5) is 0 Å². The number of nitrogens with one attached hydrogen (secondary N) is 13. The molecule has 21 N–H and O–H groups in total. The van der Waals surface area contributed by atoms with E-state index in [1.54, 1.807) is 92.1 Å². The molecule has 46 heteroatoms. The molecule has 3 fully saturated rings. The van der Waals surface area contributed by atoms with Crippen LogP contribution in [0, 0.1) is 0 Å². The number of para-hydroxylation sites is 2. The Labute approximate surface area is 792 Å². The van der Waals surface area contributed by atoms with Gasteiger partial charge in [-0.3, -0.25) is 91.1 Å². The lowest BCUT2D eigenvalue weighted by molar-refractivity contribution is -0.149. The number of carbonyl (C=O) groups excluding carboxylic acids is 16. The number of carbonyl (C=O) groups is 19. The van der Waals surface area contributed by atoms with E-state index in [9.17, 15) is 73.2 Å². The number of aliphatic hydroxyl groups is 1. The molecular weight excluding hydrogens is 1800 g/mol. The second kappa shape index (κ2) is 51.0. The fraction of sp³-hybridized carbons (Fsp3) is 0.516. The highest BCUT2D eigenvalue weighted by atomic mass is 32.2. The number of carboxylic acids is 3. The summed E-state index contributed by atoms with van der Waals surface area (Å²) in [7, 11) is 5.20. The quantitative estimate of drug-likeness (QED) is 0.0247. The summed E-state index contributed by atoms with van der Waals surface area (Å²) in [5, 5.41) is 68.9. The molecule has 45 nitrogen and oxygen atoms in total. The van der Waals surface area contributed by atoms with Gasteiger partial charge in [0.2, 0.25) is 94.5 Å². The van der Waals surface area contributed by atoms with Crippen LogP contribution in [0.2, 0.25) is 0 Å². The number of unbranched alkanes of at least 4 members (excludes halogenated alkanes) is 2. The first-order chi connectivity index (χ1) is 65.3. The average Bonchev–Trinajstić information content (AvgIpc) is 1.71. The molecule has 0 saturated carbocycles. The minimum absolute atomic E-state index is 0.0412. The lowest BCUT2D eigenvalue weighted by Crippen LogP contribution is -2.61. The van der Waals surface area contributed by atoms with E-state index in [1.165, 1.54) is 47.7 Å². The number of hydrogen-bond acceptors (Lipinski definition) is 24. The van der Waals surface area contributed by atoms with Crippen molar-refractivity contribution in [3.63, 3.8) is 0 Å². The van der Waals surface area contributed by atoms with Crippen LogP contribution in [-0.2, 0) is 117 Å². The van der Waals surface area contributed by atoms with E-state index < -0.39 is 273 Å². The number of primary amides is 1. The number of fused-ring (bicyclic) bond motifs is 4. The number of imidazole rings is 1. The highest BCUT2D eigenvalue weighted by molar-refractivity contribution is 8.00. The number of aliphatic carboxylic acids is 3. The van der Waals surface area contributed by atoms with Gasteiger partial charge in [0.05, 0.1) is 38.3 Å². The summed E-state index contributed by atoms with van der Waals surface area (Å²) < 4.78 is 5.32. The Hall–Kier alpha value is -14.1. The normalized spacial score (nSPS) is 24.5. The Kier molecular flexibility index (Phi) is 39.7. The number of H-pyrrole nitrogens is 3. The molecule has 742 valence electrons. The van der Waals surface area contributed by atoms with Gasteiger partial charge < -0.3 is 129 Å². The third kappa shape index (κ3) is 29.7. The van der Waals surface area contributed by atoms with Crippen molar-refractivity contribution < 1.29 is 116 Å². The zero-order valence-electron chi connectivity index (χ0n) is 77.3. The molecule has 137 heavy (non-hydrogen) atoms. The van der Waals surface area contributed by atoms with Crippen LogP contribution in [0.3, 0.4) is 0 Å². The van der Waals surface area contributed by atoms with Gasteiger partial charge in [0.1, 0.15) is 90.3 Å². The van der Waals surface area contributed by atoms with Crippen molar-refractivity contribution in [2.45, 2.75) is 233 Å². The van der Waals surface area contributed by atoms with Crippen LogP contribution >= 0.6 is 11.8 Å². The fourth-order valence-corrected chi connectivity index (χ4v) is 17.6. The summed E-state index contributed by atoms with van der Waals surface area (Å²) in [6.07, 6.45) is -0.418.